The van der Waals surface area contributed by atoms with Crippen LogP contribution in [0.25, 0.3) is 16.7 Å². The minimum absolute atomic E-state index is 0.169. The summed E-state index contributed by atoms with van der Waals surface area (Å²) >= 11 is 0. The Balaban J connectivity index is 1.29. The molecule has 0 aromatic heterocycles. The molecule has 0 radical (unpaired) electrons. The number of unbranched alkanes of at least 4 members (excludes halogenated alkanes) is 6. The van der Waals surface area contributed by atoms with Crippen LogP contribution in [0.2, 0.25) is 0 Å². The van der Waals surface area contributed by atoms with Crippen molar-refractivity contribution in [1.29, 1.82) is 0 Å². The van der Waals surface area contributed by atoms with Crippen LogP contribution in [0.5, 0.6) is 0 Å². The summed E-state index contributed by atoms with van der Waals surface area (Å²) < 4.78 is 73.2. The van der Waals surface area contributed by atoms with E-state index in [0.717, 1.165) is 38.5 Å². The minimum Gasteiger partial charge on any atom is -0.462 e. The smallest absolute Gasteiger partial charge is 0.338 e. The fraction of sp³-hybridized carbons (Fsp3) is 0.400. The van der Waals surface area contributed by atoms with Gasteiger partial charge >= 0.3 is 17.9 Å². The number of hydrogen-bond donors (Lipinski definition) is 0. The van der Waals surface area contributed by atoms with Gasteiger partial charge in [0.1, 0.15) is 23.6 Å². The third-order valence-electron chi connectivity index (χ3n) is 8.63. The molecular weight excluding hydrogens is 741 g/mol. The van der Waals surface area contributed by atoms with Crippen molar-refractivity contribution >= 4 is 34.6 Å². The summed E-state index contributed by atoms with van der Waals surface area (Å²) in [6.07, 6.45) is 6.15. The maximum absolute atomic E-state index is 13.2. The number of esters is 3. The molecule has 0 saturated heterocycles. The van der Waals surface area contributed by atoms with E-state index in [1.54, 1.807) is 0 Å². The van der Waals surface area contributed by atoms with Crippen LogP contribution in [-0.4, -0.2) is 76.9 Å². The number of rotatable bonds is 29. The summed E-state index contributed by atoms with van der Waals surface area (Å²) in [4.78, 5) is 36.8. The molecule has 0 fully saturated rings. The average Bonchev–Trinajstić information content (AvgIpc) is 3.21. The van der Waals surface area contributed by atoms with Gasteiger partial charge in [0.05, 0.1) is 49.8 Å². The van der Waals surface area contributed by atoms with E-state index >= 15 is 0 Å². The predicted octanol–water partition coefficient (Wildman–Crippen LogP) is 9.10. The van der Waals surface area contributed by atoms with Crippen LogP contribution >= 0.6 is 0 Å². The van der Waals surface area contributed by atoms with Crippen molar-refractivity contribution in [3.8, 4) is 0 Å². The molecule has 57 heavy (non-hydrogen) atoms. The van der Waals surface area contributed by atoms with Crippen LogP contribution in [0, 0.1) is 17.5 Å². The lowest BCUT2D eigenvalue weighted by molar-refractivity contribution is -0.137. The van der Waals surface area contributed by atoms with E-state index in [0.29, 0.717) is 69.0 Å². The van der Waals surface area contributed by atoms with Gasteiger partial charge in [0.2, 0.25) is 0 Å². The lowest BCUT2D eigenvalue weighted by atomic mass is 10.1. The van der Waals surface area contributed by atoms with Crippen LogP contribution < -0.4 is 0 Å². The second kappa shape index (κ2) is 26.7. The van der Waals surface area contributed by atoms with Crippen LogP contribution in [0.4, 0.5) is 13.2 Å². The first kappa shape index (κ1) is 46.3. The Morgan fingerprint density at radius 1 is 0.421 bits per heavy atom. The Hall–Kier alpha value is -5.04. The lowest BCUT2D eigenvalue weighted by Crippen LogP contribution is -2.27. The van der Waals surface area contributed by atoms with E-state index in [1.807, 2.05) is 0 Å². The predicted molar refractivity (Wildman–Crippen MR) is 212 cm³/mol. The van der Waals surface area contributed by atoms with E-state index in [4.69, 9.17) is 28.4 Å². The van der Waals surface area contributed by atoms with E-state index in [2.05, 4.69) is 19.7 Å². The molecule has 0 spiro atoms. The third kappa shape index (κ3) is 18.6. The quantitative estimate of drug-likeness (QED) is 0.0295. The van der Waals surface area contributed by atoms with Gasteiger partial charge in [-0.25, -0.2) is 27.6 Å². The molecule has 0 aliphatic rings. The molecule has 308 valence electrons. The highest BCUT2D eigenvalue weighted by Gasteiger charge is 2.14. The van der Waals surface area contributed by atoms with Gasteiger partial charge in [-0.3, -0.25) is 0 Å². The van der Waals surface area contributed by atoms with E-state index in [1.165, 1.54) is 72.8 Å². The zero-order chi connectivity index (χ0) is 41.3. The van der Waals surface area contributed by atoms with Gasteiger partial charge in [-0.05, 0) is 111 Å². The first-order valence-electron chi connectivity index (χ1n) is 19.2. The lowest BCUT2D eigenvalue weighted by Gasteiger charge is -2.18. The van der Waals surface area contributed by atoms with Gasteiger partial charge in [0, 0.05) is 19.8 Å². The van der Waals surface area contributed by atoms with Crippen molar-refractivity contribution < 1.29 is 56.0 Å². The average molecular weight is 795 g/mol. The van der Waals surface area contributed by atoms with Crippen molar-refractivity contribution in [1.82, 2.24) is 0 Å². The molecule has 9 nitrogen and oxygen atoms in total. The molecule has 0 unspecified atom stereocenters. The first-order chi connectivity index (χ1) is 27.5. The Bertz CT molecular complexity index is 1620. The number of benzene rings is 3. The van der Waals surface area contributed by atoms with Crippen LogP contribution in [0.3, 0.4) is 0 Å². The molecular formula is C45H53F3O9. The minimum atomic E-state index is -0.546. The molecule has 0 amide bonds. The Kier molecular flexibility index (Phi) is 21.7. The zero-order valence-corrected chi connectivity index (χ0v) is 32.5. The van der Waals surface area contributed by atoms with Gasteiger partial charge in [-0.15, -0.1) is 0 Å². The van der Waals surface area contributed by atoms with Crippen LogP contribution in [0.1, 0.15) is 74.5 Å². The molecule has 3 rings (SSSR count). The number of ether oxygens (including phenoxy) is 6. The summed E-state index contributed by atoms with van der Waals surface area (Å²) in [6, 6.07) is 16.5. The van der Waals surface area contributed by atoms with Crippen LogP contribution in [0.15, 0.2) is 92.5 Å². The number of halogens is 3. The molecule has 12 heteroatoms. The fourth-order valence-corrected chi connectivity index (χ4v) is 5.23. The highest BCUT2D eigenvalue weighted by molar-refractivity contribution is 6.16. The molecule has 3 aromatic rings. The molecule has 0 atom stereocenters. The standard InChI is InChI=1S/C45H53F3O9/c1-33(36-13-19-39(46)20-14-36)43(49)55-28-10-4-7-25-52-31-42(54-27-9-6-12-30-57-45(51)35(3)38-17-23-41(48)24-18-38)32-53-26-8-5-11-29-56-44(50)34(2)37-15-21-40(47)22-16-37/h13-24,42H,1-12,25-32H2. The van der Waals surface area contributed by atoms with Gasteiger partial charge in [-0.1, -0.05) is 56.1 Å². The normalized spacial score (nSPS) is 10.9. The molecule has 3 aromatic carbocycles. The highest BCUT2D eigenvalue weighted by atomic mass is 19.1. The van der Waals surface area contributed by atoms with Crippen molar-refractivity contribution in [2.45, 2.75) is 63.9 Å². The fourth-order valence-electron chi connectivity index (χ4n) is 5.23. The number of hydrogen-bond acceptors (Lipinski definition) is 9. The largest absolute Gasteiger partial charge is 0.462 e. The molecule has 0 heterocycles. The monoisotopic (exact) mass is 794 g/mol. The Labute approximate surface area is 333 Å². The summed E-state index contributed by atoms with van der Waals surface area (Å²) in [5, 5.41) is 0. The van der Waals surface area contributed by atoms with E-state index in [9.17, 15) is 27.6 Å². The zero-order valence-electron chi connectivity index (χ0n) is 32.5. The van der Waals surface area contributed by atoms with Gasteiger partial charge < -0.3 is 28.4 Å². The number of carbonyl (C=O) groups is 3. The molecule has 0 N–H and O–H groups in total. The molecule has 0 bridgehead atoms. The molecule has 0 aliphatic carbocycles. The van der Waals surface area contributed by atoms with Gasteiger partial charge in [0.25, 0.3) is 0 Å². The maximum atomic E-state index is 13.2. The second-order valence-corrected chi connectivity index (χ2v) is 13.2. The SMILES string of the molecule is C=C(C(=O)OCCCCCOCC(COCCCCCOC(=O)C(=C)c1ccc(F)cc1)OCCCCCOC(=O)C(=C)c1ccc(F)cc1)c1ccc(F)cc1. The summed E-state index contributed by atoms with van der Waals surface area (Å²) in [5.41, 5.74) is 2.03. The molecule has 0 aliphatic heterocycles. The Morgan fingerprint density at radius 2 is 0.702 bits per heavy atom. The van der Waals surface area contributed by atoms with Crippen molar-refractivity contribution in [2.24, 2.45) is 0 Å². The third-order valence-corrected chi connectivity index (χ3v) is 8.63. The van der Waals surface area contributed by atoms with Crippen LogP contribution in [-0.2, 0) is 42.8 Å². The number of carbonyl (C=O) groups excluding carboxylic acids is 3. The maximum Gasteiger partial charge on any atom is 0.338 e. The topological polar surface area (TPSA) is 107 Å². The summed E-state index contributed by atoms with van der Waals surface area (Å²) in [5.74, 6) is -2.82. The van der Waals surface area contributed by atoms with E-state index < -0.39 is 35.4 Å². The molecule has 0 saturated carbocycles. The Morgan fingerprint density at radius 3 is 1.02 bits per heavy atom. The highest BCUT2D eigenvalue weighted by Crippen LogP contribution is 2.17. The summed E-state index contributed by atoms with van der Waals surface area (Å²) in [7, 11) is 0. The second-order valence-electron chi connectivity index (χ2n) is 13.2. The first-order valence-corrected chi connectivity index (χ1v) is 19.2. The van der Waals surface area contributed by atoms with E-state index in [-0.39, 0.29) is 42.6 Å². The van der Waals surface area contributed by atoms with Crippen molar-refractivity contribution in [3.05, 3.63) is 127 Å². The van der Waals surface area contributed by atoms with Gasteiger partial charge in [-0.2, -0.15) is 0 Å². The van der Waals surface area contributed by atoms with Crippen molar-refractivity contribution in [3.63, 3.8) is 0 Å². The van der Waals surface area contributed by atoms with Gasteiger partial charge in [0.15, 0.2) is 0 Å². The summed E-state index contributed by atoms with van der Waals surface area (Å²) in [6.45, 7) is 14.0. The van der Waals surface area contributed by atoms with Crippen molar-refractivity contribution in [2.75, 3.05) is 52.9 Å².